The van der Waals surface area contributed by atoms with Crippen LogP contribution in [-0.2, 0) is 71.5 Å². The van der Waals surface area contributed by atoms with Crippen LogP contribution in [0.2, 0.25) is 19.6 Å². The maximum Gasteiger partial charge on any atom is 1.00 e. The number of rotatable bonds is 9. The Balaban J connectivity index is -0.000000460. The second-order valence-electron chi connectivity index (χ2n) is 36.7. The van der Waals surface area contributed by atoms with Gasteiger partial charge in [-0.2, -0.15) is 7.11 Å². The molecular formula is C96H138Br4N5NaO24Si. The molecule has 0 radical (unpaired) electrons. The van der Waals surface area contributed by atoms with Gasteiger partial charge >= 0.3 is 59.8 Å². The first-order valence-corrected chi connectivity index (χ1v) is 45.3. The number of carbonyl (C=O) groups excluding carboxylic acids is 4. The number of phenolic OH excluding ortho intramolecular Hbond substituents is 2. The molecule has 0 unspecified atom stereocenters. The topological polar surface area (TPSA) is 431 Å². The maximum atomic E-state index is 11.8. The van der Waals surface area contributed by atoms with Crippen molar-refractivity contribution in [3.05, 3.63) is 235 Å². The van der Waals surface area contributed by atoms with E-state index in [9.17, 15) is 69.3 Å². The number of nitrogens with one attached hydrogen (secondary N) is 1. The van der Waals surface area contributed by atoms with Gasteiger partial charge in [-0.1, -0.05) is 186 Å². The zero-order valence-corrected chi connectivity index (χ0v) is 87.2. The number of benzene rings is 7. The number of carboxylic acids is 1. The molecule has 10 rings (SSSR count). The molecule has 0 atom stereocenters. The zero-order valence-electron chi connectivity index (χ0n) is 77.8. The van der Waals surface area contributed by atoms with E-state index in [0.717, 1.165) is 45.4 Å². The number of hydrogen-bond acceptors (Lipinski definition) is 24. The van der Waals surface area contributed by atoms with Gasteiger partial charge in [-0.25, -0.2) is 14.4 Å². The van der Waals surface area contributed by atoms with Crippen LogP contribution in [0.4, 0.5) is 32.3 Å². The molecule has 2 aliphatic heterocycles. The smallest absolute Gasteiger partial charge is 0.857 e. The van der Waals surface area contributed by atoms with Crippen LogP contribution in [0.1, 0.15) is 258 Å². The summed E-state index contributed by atoms with van der Waals surface area (Å²) in [5.41, 5.74) is 12.1. The second-order valence-corrected chi connectivity index (χ2v) is 44.6. The van der Waals surface area contributed by atoms with Crippen molar-refractivity contribution < 1.29 is 126 Å². The Labute approximate surface area is 830 Å². The van der Waals surface area contributed by atoms with Crippen molar-refractivity contribution in [1.29, 1.82) is 0 Å². The molecule has 131 heavy (non-hydrogen) atoms. The first kappa shape index (κ1) is 130. The monoisotopic (exact) mass is 2110 g/mol. The largest absolute Gasteiger partial charge is 1.00 e. The third-order valence-electron chi connectivity index (χ3n) is 18.3. The molecule has 0 saturated heterocycles. The molecule has 0 fully saturated rings. The van der Waals surface area contributed by atoms with Crippen molar-refractivity contribution in [1.82, 2.24) is 4.98 Å². The van der Waals surface area contributed by atoms with Crippen LogP contribution < -0.4 is 64.8 Å². The summed E-state index contributed by atoms with van der Waals surface area (Å²) in [6, 6.07) is 30.5. The summed E-state index contributed by atoms with van der Waals surface area (Å²) in [6.07, 6.45) is -0.435. The molecule has 0 bridgehead atoms. The van der Waals surface area contributed by atoms with Gasteiger partial charge in [0.2, 0.25) is 13.7 Å². The number of carbonyl (C=O) groups is 5. The summed E-state index contributed by atoms with van der Waals surface area (Å²) in [5.74, 6) is 0.478. The molecule has 2 aliphatic rings. The SMILES string of the molecule is C.C.C.C.C.CC(C)(C)c1cc(Br)c(O)cc1[N+](=O)[O-].CC(C)(C)c1cc2c(cc1N)OC(=O)C2(C)C.CC(C)(C)c1cc2c(cc1[N+](=O)[O-])OC(=O)C2(C)C.CC(C)(C)c1ccc(O)c(Br)c1.COC(=O)Oc1cc([N+](=O)[O-])c(C(C)(C)C)cc1Br.COC(=O)Oc1ccc(C(C)(C)C)cc1Br.COC(O[Si](C)(C)C)=C(C)C.C[O-].O=C(O)c1c[nH]c2ccccc2c1=O.[Na+]. The summed E-state index contributed by atoms with van der Waals surface area (Å²) < 4.78 is 42.1. The number of allylic oxidation sites excluding steroid dienone is 1. The molecule has 6 N–H and O–H groups in total. The molecule has 724 valence electrons. The van der Waals surface area contributed by atoms with E-state index in [1.807, 2.05) is 120 Å². The van der Waals surface area contributed by atoms with Gasteiger partial charge in [0.25, 0.3) is 23.0 Å². The number of aromatic carboxylic acids is 1. The van der Waals surface area contributed by atoms with E-state index >= 15 is 0 Å². The Morgan fingerprint density at radius 2 is 0.840 bits per heavy atom. The number of pyridine rings is 1. The van der Waals surface area contributed by atoms with Gasteiger partial charge in [0.15, 0.2) is 5.75 Å². The van der Waals surface area contributed by atoms with Crippen molar-refractivity contribution in [3.8, 4) is 34.5 Å². The Morgan fingerprint density at radius 1 is 0.481 bits per heavy atom. The van der Waals surface area contributed by atoms with Crippen molar-refractivity contribution in [2.45, 2.75) is 266 Å². The van der Waals surface area contributed by atoms with Crippen LogP contribution in [0.15, 0.2) is 150 Å². The van der Waals surface area contributed by atoms with E-state index in [0.29, 0.717) is 76.7 Å². The Morgan fingerprint density at radius 3 is 1.21 bits per heavy atom. The molecule has 0 aliphatic carbocycles. The van der Waals surface area contributed by atoms with Gasteiger partial charge in [0, 0.05) is 62.2 Å². The molecule has 3 heterocycles. The number of aromatic amines is 1. The van der Waals surface area contributed by atoms with Gasteiger partial charge in [-0.05, 0) is 235 Å². The number of fused-ring (bicyclic) bond motifs is 3. The minimum Gasteiger partial charge on any atom is -0.857 e. The molecule has 35 heteroatoms. The van der Waals surface area contributed by atoms with E-state index in [-0.39, 0.29) is 140 Å². The Bertz CT molecular complexity index is 5350. The van der Waals surface area contributed by atoms with Crippen LogP contribution >= 0.6 is 63.7 Å². The minimum absolute atomic E-state index is 0. The van der Waals surface area contributed by atoms with Gasteiger partial charge in [-0.15, -0.1) is 0 Å². The standard InChI is InChI=1S/C14H17NO4.C14H19NO2.C12H14BrNO5.C12H15BrO3.C10H12BrNO3.C10H13BrO.C10H7NO3.C8H18O2Si.CH3O.5CH4.Na/c1-13(2,3)8-6-9-11(7-10(8)15(17)18)19-12(16)14(9,4)5;1-13(2,3)8-6-9-11(7-10(8)15)17-12(16)14(9,4)5;1-12(2,3)7-5-8(13)10(19-11(15)18-4)6-9(7)14(16)17;1-12(2,3)8-5-6-10(9(13)7-8)16-11(14)15-4;1-10(2,3)6-4-7(11)9(13)5-8(6)12(14)15;1-10(2,3)7-4-5-9(12)8(11)6-7;12-9-6-3-1-2-4-8(6)11-5-7(9)10(13)14;1-7(2)8(9-3)10-11(4,5)6;1-2;;;;;;/h6-7H,1-5H3;6-7H,15H2,1-5H3;5-6H,1-4H3;5-7H,1-4H3;4-5,13H,1-3H3;4-6,12H,1-3H3;1-5H,(H,11,12)(H,13,14);1-6H3;1H3;5*1H4;/q;;;;;;;;-1;;;;;;+1. The average molecular weight is 2120 g/mol. The summed E-state index contributed by atoms with van der Waals surface area (Å²) in [6.45, 7) is 53.8. The zero-order chi connectivity index (χ0) is 97.1. The van der Waals surface area contributed by atoms with Crippen LogP contribution in [0, 0.1) is 30.3 Å². The predicted octanol–water partition coefficient (Wildman–Crippen LogP) is 23.5. The number of carboxylic acid groups (broad SMARTS) is 1. The number of aromatic hydroxyl groups is 2. The van der Waals surface area contributed by atoms with Gasteiger partial charge < -0.3 is 68.7 Å². The number of para-hydroxylation sites is 1. The molecule has 0 amide bonds. The van der Waals surface area contributed by atoms with Crippen LogP contribution in [-0.4, -0.2) is 102 Å². The number of aromatic nitrogens is 1. The summed E-state index contributed by atoms with van der Waals surface area (Å²) >= 11 is 13.0. The van der Waals surface area contributed by atoms with Crippen molar-refractivity contribution >= 4 is 136 Å². The summed E-state index contributed by atoms with van der Waals surface area (Å²) in [5, 5.41) is 69.1. The summed E-state index contributed by atoms with van der Waals surface area (Å²) in [7, 11) is 3.34. The molecular weight excluding hydrogens is 1980 g/mol. The number of halogens is 4. The predicted molar refractivity (Wildman–Crippen MR) is 534 cm³/mol. The number of H-pyrrole nitrogens is 1. The number of nitro groups is 3. The molecule has 29 nitrogen and oxygen atoms in total. The number of nitro benzene ring substituents is 3. The first-order chi connectivity index (χ1) is 56.9. The number of nitrogens with two attached hydrogens (primary N) is 1. The first-order valence-electron chi connectivity index (χ1n) is 38.7. The maximum absolute atomic E-state index is 11.8. The summed E-state index contributed by atoms with van der Waals surface area (Å²) in [4.78, 5) is 102. The van der Waals surface area contributed by atoms with Gasteiger partial charge in [0.05, 0.1) is 83.0 Å². The fourth-order valence-electron chi connectivity index (χ4n) is 11.3. The fourth-order valence-corrected chi connectivity index (χ4v) is 13.8. The molecule has 7 aromatic carbocycles. The third-order valence-corrected chi connectivity index (χ3v) is 21.6. The van der Waals surface area contributed by atoms with Gasteiger partial charge in [-0.3, -0.25) is 44.7 Å². The van der Waals surface area contributed by atoms with E-state index in [2.05, 4.69) is 160 Å². The number of hydrogen-bond donors (Lipinski definition) is 5. The van der Waals surface area contributed by atoms with Crippen LogP contribution in [0.3, 0.4) is 0 Å². The van der Waals surface area contributed by atoms with Gasteiger partial charge in [0.1, 0.15) is 34.3 Å². The third kappa shape index (κ3) is 38.0. The van der Waals surface area contributed by atoms with Crippen molar-refractivity contribution in [2.75, 3.05) is 34.2 Å². The minimum atomic E-state index is -1.49. The molecule has 0 saturated carbocycles. The number of anilines is 1. The molecule has 8 aromatic rings. The molecule has 0 spiro atoms. The number of nitrogen functional groups attached to an aromatic ring is 1. The Kier molecular flexibility index (Phi) is 52.7. The van der Waals surface area contributed by atoms with Crippen molar-refractivity contribution in [2.24, 2.45) is 0 Å². The normalized spacial score (nSPS) is 12.2. The number of esters is 2. The average Bonchev–Trinajstić information content (AvgIpc) is 1.61. The number of methoxy groups -OCH3 is 3. The van der Waals surface area contributed by atoms with Crippen molar-refractivity contribution in [3.63, 3.8) is 0 Å². The fraction of sp³-hybridized carbons (Fsp3) is 0.458. The molecule has 1 aromatic heterocycles. The quantitative estimate of drug-likeness (QED) is 0.0131. The number of phenols is 2. The van der Waals surface area contributed by atoms with Crippen LogP contribution in [0.25, 0.3) is 10.9 Å². The van der Waals surface area contributed by atoms with E-state index in [1.165, 1.54) is 37.1 Å². The van der Waals surface area contributed by atoms with Crippen LogP contribution in [0.5, 0.6) is 34.5 Å². The van der Waals surface area contributed by atoms with E-state index in [1.54, 1.807) is 81.6 Å². The second kappa shape index (κ2) is 53.0. The number of nitrogens with zero attached hydrogens (tertiary/aromatic N) is 3. The van der Waals surface area contributed by atoms with E-state index < -0.39 is 63.0 Å². The van der Waals surface area contributed by atoms with E-state index in [4.69, 9.17) is 44.1 Å². The Hall–Kier alpha value is -9.26. The number of ether oxygens (including phenoxy) is 7.